The second-order valence-corrected chi connectivity index (χ2v) is 10.2. The van der Waals surface area contributed by atoms with Crippen molar-refractivity contribution >= 4 is 31.6 Å². The Hall–Kier alpha value is -3.44. The van der Waals surface area contributed by atoms with E-state index in [4.69, 9.17) is 4.74 Å². The lowest BCUT2D eigenvalue weighted by Gasteiger charge is -2.45. The average Bonchev–Trinajstić information content (AvgIpc) is 3.15. The molecular weight excluding hydrogens is 542 g/mol. The number of amides is 2. The number of hydrogen-bond donors (Lipinski definition) is 7. The van der Waals surface area contributed by atoms with Crippen LogP contribution < -0.4 is 10.6 Å². The van der Waals surface area contributed by atoms with E-state index >= 15 is 4.39 Å². The fourth-order valence-electron chi connectivity index (χ4n) is 5.09. The Bertz CT molecular complexity index is 1330. The van der Waals surface area contributed by atoms with Gasteiger partial charge in [0.1, 0.15) is 17.4 Å². The van der Waals surface area contributed by atoms with Crippen LogP contribution in [0.1, 0.15) is 27.0 Å². The summed E-state index contributed by atoms with van der Waals surface area (Å²) in [5.74, 6) is -9.70. The zero-order valence-corrected chi connectivity index (χ0v) is 22.5. The van der Waals surface area contributed by atoms with Gasteiger partial charge in [0.15, 0.2) is 14.1 Å². The number of nitrogens with zero attached hydrogens (tertiary/aromatic N) is 2. The summed E-state index contributed by atoms with van der Waals surface area (Å²) in [5, 5.41) is 58.6. The molecule has 2 aliphatic rings. The molecule has 0 spiro atoms. The number of carbonyl (C=O) groups excluding carboxylic acids is 3. The van der Waals surface area contributed by atoms with E-state index in [0.29, 0.717) is 46.3 Å². The summed E-state index contributed by atoms with van der Waals surface area (Å²) in [6.45, 7) is 2.71. The number of carbonyl (C=O) groups is 3. The number of likely N-dealkylation sites (N-methyl/N-ethyl adjacent to an activating group) is 1. The van der Waals surface area contributed by atoms with Crippen LogP contribution in [0, 0.1) is 5.82 Å². The zero-order chi connectivity index (χ0) is 30.2. The average molecular weight is 574 g/mol. The van der Waals surface area contributed by atoms with Crippen LogP contribution in [0.3, 0.4) is 0 Å². The van der Waals surface area contributed by atoms with Crippen LogP contribution in [0.4, 0.5) is 10.1 Å². The Morgan fingerprint density at radius 2 is 1.80 bits per heavy atom. The minimum Gasteiger partial charge on any atom is -0.390 e. The lowest BCUT2D eigenvalue weighted by molar-refractivity contribution is -0.288. The van der Waals surface area contributed by atoms with Gasteiger partial charge < -0.3 is 40.9 Å². The van der Waals surface area contributed by atoms with Crippen LogP contribution in [0.25, 0.3) is 0 Å². The fourth-order valence-corrected chi connectivity index (χ4v) is 5.09. The highest BCUT2D eigenvalue weighted by atomic mass is 19.1. The van der Waals surface area contributed by atoms with Crippen LogP contribution in [-0.2, 0) is 33.3 Å². The largest absolute Gasteiger partial charge is 0.390 e. The molecule has 2 amide bonds. The number of hydrogen-bond acceptors (Lipinski definition) is 11. The number of aldehydes is 1. The summed E-state index contributed by atoms with van der Waals surface area (Å²) in [5.41, 5.74) is -3.11. The van der Waals surface area contributed by atoms with E-state index in [2.05, 4.69) is 15.5 Å². The van der Waals surface area contributed by atoms with E-state index < -0.39 is 52.7 Å². The third kappa shape index (κ3) is 5.45. The van der Waals surface area contributed by atoms with Crippen molar-refractivity contribution in [2.24, 2.45) is 0 Å². The van der Waals surface area contributed by atoms with Crippen molar-refractivity contribution < 1.29 is 49.0 Å². The number of aliphatic hydroxyl groups is 5. The molecule has 7 N–H and O–H groups in total. The number of anilines is 1. The highest BCUT2D eigenvalue weighted by molar-refractivity contribution is 6.20. The summed E-state index contributed by atoms with van der Waals surface area (Å²) in [6, 6.07) is 6.58. The molecule has 15 heteroatoms. The molecule has 1 fully saturated rings. The van der Waals surface area contributed by atoms with Gasteiger partial charge in [0.25, 0.3) is 11.8 Å². The Balaban J connectivity index is 1.66. The molecule has 4 rings (SSSR count). The number of rotatable bonds is 10. The molecule has 0 bridgehead atoms. The van der Waals surface area contributed by atoms with Gasteiger partial charge in [0.2, 0.25) is 11.7 Å². The molecule has 2 unspecified atom stereocenters. The molecule has 0 aliphatic carbocycles. The summed E-state index contributed by atoms with van der Waals surface area (Å²) >= 11 is 0. The number of morpholine rings is 1. The first-order valence-corrected chi connectivity index (χ1v) is 12.8. The molecule has 0 aromatic heterocycles. The maximum Gasteiger partial charge on any atom is 0.281 e. The number of nitrogens with one attached hydrogen (secondary N) is 2. The predicted octanol–water partition coefficient (Wildman–Crippen LogP) is -2.86. The molecule has 13 nitrogen and oxygen atoms in total. The third-order valence-corrected chi connectivity index (χ3v) is 7.51. The highest BCUT2D eigenvalue weighted by Gasteiger charge is 2.63. The van der Waals surface area contributed by atoms with Crippen molar-refractivity contribution in [3.05, 3.63) is 64.5 Å². The van der Waals surface area contributed by atoms with Gasteiger partial charge in [-0.25, -0.2) is 4.39 Å². The number of benzene rings is 2. The first-order valence-electron chi connectivity index (χ1n) is 12.8. The lowest BCUT2D eigenvalue weighted by Crippen LogP contribution is -2.73. The zero-order valence-electron chi connectivity index (χ0n) is 22.5. The van der Waals surface area contributed by atoms with Crippen molar-refractivity contribution in [3.8, 4) is 0 Å². The molecular formula is C26H32BFN4O9. The molecule has 41 heavy (non-hydrogen) atoms. The van der Waals surface area contributed by atoms with Crippen LogP contribution in [0.15, 0.2) is 36.4 Å². The standard InChI is InChI=1S/C26H32BFN4O9/c1-29-22(34)21(25(27,38)24(36,37)14-33)32-23(35)17-6-3-7-18(19(17)26(32,39)40)30-12-15-4-2-5-16(20(15)28)13-31-8-10-41-11-9-31/h2-7,14,21,30,36-40H,8-13,27H2,1H3,(H,29,34). The molecule has 0 radical (unpaired) electrons. The Kier molecular flexibility index (Phi) is 8.52. The van der Waals surface area contributed by atoms with Crippen molar-refractivity contribution in [1.29, 1.82) is 0 Å². The minimum atomic E-state index is -3.57. The second kappa shape index (κ2) is 11.4. The SMILES string of the molecule is BC(O)(C(C(=O)NC)N1C(=O)c2cccc(NCc3cccc(CN4CCOCC4)c3F)c2C1(O)O)C(O)(O)C=O. The van der Waals surface area contributed by atoms with Crippen molar-refractivity contribution in [2.75, 3.05) is 38.7 Å². The van der Waals surface area contributed by atoms with Crippen LogP contribution in [-0.4, -0.2) is 112 Å². The normalized spacial score (nSPS) is 19.3. The van der Waals surface area contributed by atoms with E-state index in [1.807, 2.05) is 0 Å². The molecule has 2 atom stereocenters. The van der Waals surface area contributed by atoms with Gasteiger partial charge in [0, 0.05) is 50.0 Å². The van der Waals surface area contributed by atoms with E-state index in [0.717, 1.165) is 7.05 Å². The van der Waals surface area contributed by atoms with E-state index in [1.165, 1.54) is 18.2 Å². The lowest BCUT2D eigenvalue weighted by atomic mass is 9.68. The second-order valence-electron chi connectivity index (χ2n) is 10.2. The van der Waals surface area contributed by atoms with Gasteiger partial charge >= 0.3 is 0 Å². The molecule has 0 saturated carbocycles. The fraction of sp³-hybridized carbons (Fsp3) is 0.423. The van der Waals surface area contributed by atoms with Crippen LogP contribution >= 0.6 is 0 Å². The van der Waals surface area contributed by atoms with Crippen LogP contribution in [0.2, 0.25) is 0 Å². The van der Waals surface area contributed by atoms with Gasteiger partial charge in [-0.3, -0.25) is 24.2 Å². The summed E-state index contributed by atoms with van der Waals surface area (Å²) in [6.07, 6.45) is -0.457. The first-order chi connectivity index (χ1) is 19.3. The summed E-state index contributed by atoms with van der Waals surface area (Å²) < 4.78 is 20.7. The quantitative estimate of drug-likeness (QED) is 0.0877. The first kappa shape index (κ1) is 30.5. The molecule has 2 aromatic carbocycles. The number of halogens is 1. The smallest absolute Gasteiger partial charge is 0.281 e. The Labute approximate surface area is 235 Å². The predicted molar refractivity (Wildman–Crippen MR) is 143 cm³/mol. The molecule has 2 heterocycles. The van der Waals surface area contributed by atoms with Crippen molar-refractivity contribution in [3.63, 3.8) is 0 Å². The monoisotopic (exact) mass is 574 g/mol. The Morgan fingerprint density at radius 1 is 1.17 bits per heavy atom. The maximum absolute atomic E-state index is 15.4. The topological polar surface area (TPSA) is 192 Å². The van der Waals surface area contributed by atoms with E-state index in [9.17, 15) is 39.9 Å². The molecule has 1 saturated heterocycles. The summed E-state index contributed by atoms with van der Waals surface area (Å²) in [7, 11) is 1.78. The highest BCUT2D eigenvalue weighted by Crippen LogP contribution is 2.43. The molecule has 2 aromatic rings. The summed E-state index contributed by atoms with van der Waals surface area (Å²) in [4.78, 5) is 39.8. The van der Waals surface area contributed by atoms with Gasteiger partial charge in [-0.1, -0.05) is 24.3 Å². The Morgan fingerprint density at radius 3 is 2.44 bits per heavy atom. The minimum absolute atomic E-state index is 0.00807. The third-order valence-electron chi connectivity index (χ3n) is 7.51. The van der Waals surface area contributed by atoms with E-state index in [-0.39, 0.29) is 28.3 Å². The molecule has 2 aliphatic heterocycles. The van der Waals surface area contributed by atoms with Crippen molar-refractivity contribution in [1.82, 2.24) is 15.1 Å². The van der Waals surface area contributed by atoms with Gasteiger partial charge in [-0.2, -0.15) is 0 Å². The maximum atomic E-state index is 15.4. The van der Waals surface area contributed by atoms with Gasteiger partial charge in [-0.15, -0.1) is 0 Å². The number of fused-ring (bicyclic) bond motifs is 1. The van der Waals surface area contributed by atoms with E-state index in [1.54, 1.807) is 18.2 Å². The molecule has 220 valence electrons. The number of ether oxygens (including phenoxy) is 1. The van der Waals surface area contributed by atoms with Crippen molar-refractivity contribution in [2.45, 2.75) is 36.3 Å². The van der Waals surface area contributed by atoms with Crippen LogP contribution in [0.5, 0.6) is 0 Å². The van der Waals surface area contributed by atoms with Gasteiger partial charge in [0.05, 0.1) is 24.3 Å². The van der Waals surface area contributed by atoms with Gasteiger partial charge in [-0.05, 0) is 12.1 Å².